The van der Waals surface area contributed by atoms with Crippen LogP contribution in [0.2, 0.25) is 5.02 Å². The van der Waals surface area contributed by atoms with E-state index in [0.29, 0.717) is 0 Å². The Kier molecular flexibility index (Phi) is 4.63. The Balaban J connectivity index is 1.87. The lowest BCUT2D eigenvalue weighted by atomic mass is 10.0. The molecular weight excluding hydrogens is 322 g/mol. The number of halogens is 1. The highest BCUT2D eigenvalue weighted by Crippen LogP contribution is 2.32. The van der Waals surface area contributed by atoms with Crippen LogP contribution in [-0.4, -0.2) is 5.91 Å². The first-order chi connectivity index (χ1) is 11.5. The summed E-state index contributed by atoms with van der Waals surface area (Å²) >= 11 is 6.35. The standard InChI is InChI=1S/C20H20ClNO2/c1-4-14-7-5-6-8-16(14)22-18(23)10-15-11-24-17-9-12(2)20(21)13(3)19(15)17/h5-9,11H,4,10H2,1-3H3,(H,22,23). The zero-order chi connectivity index (χ0) is 17.3. The second-order valence-electron chi connectivity index (χ2n) is 6.00. The summed E-state index contributed by atoms with van der Waals surface area (Å²) in [5.41, 5.74) is 5.55. The fourth-order valence-electron chi connectivity index (χ4n) is 3.06. The maximum Gasteiger partial charge on any atom is 0.228 e. The fourth-order valence-corrected chi connectivity index (χ4v) is 3.21. The van der Waals surface area contributed by atoms with Gasteiger partial charge in [-0.2, -0.15) is 0 Å². The number of benzene rings is 2. The van der Waals surface area contributed by atoms with Gasteiger partial charge in [0.1, 0.15) is 5.58 Å². The summed E-state index contributed by atoms with van der Waals surface area (Å²) in [4.78, 5) is 12.5. The fraction of sp³-hybridized carbons (Fsp3) is 0.250. The van der Waals surface area contributed by atoms with Crippen molar-refractivity contribution in [1.82, 2.24) is 0 Å². The van der Waals surface area contributed by atoms with Gasteiger partial charge < -0.3 is 9.73 Å². The Hall–Kier alpha value is -2.26. The van der Waals surface area contributed by atoms with Gasteiger partial charge in [0.2, 0.25) is 5.91 Å². The number of nitrogens with one attached hydrogen (secondary N) is 1. The summed E-state index contributed by atoms with van der Waals surface area (Å²) in [6, 6.07) is 9.77. The third-order valence-corrected chi connectivity index (χ3v) is 4.90. The van der Waals surface area contributed by atoms with Crippen molar-refractivity contribution in [2.45, 2.75) is 33.6 Å². The highest BCUT2D eigenvalue weighted by atomic mass is 35.5. The number of para-hydroxylation sites is 1. The molecule has 0 bridgehead atoms. The maximum atomic E-state index is 12.5. The van der Waals surface area contributed by atoms with Crippen molar-refractivity contribution in [2.24, 2.45) is 0 Å². The molecule has 0 aliphatic rings. The first-order valence-electron chi connectivity index (χ1n) is 8.04. The van der Waals surface area contributed by atoms with Crippen molar-refractivity contribution in [3.05, 3.63) is 63.9 Å². The van der Waals surface area contributed by atoms with E-state index >= 15 is 0 Å². The van der Waals surface area contributed by atoms with Crippen LogP contribution in [0.5, 0.6) is 0 Å². The zero-order valence-corrected chi connectivity index (χ0v) is 14.8. The molecule has 2 aromatic carbocycles. The van der Waals surface area contributed by atoms with Crippen LogP contribution in [0, 0.1) is 13.8 Å². The third kappa shape index (κ3) is 3.04. The van der Waals surface area contributed by atoms with Gasteiger partial charge in [-0.1, -0.05) is 36.7 Å². The minimum absolute atomic E-state index is 0.0605. The van der Waals surface area contributed by atoms with E-state index in [-0.39, 0.29) is 12.3 Å². The summed E-state index contributed by atoms with van der Waals surface area (Å²) in [5, 5.41) is 4.66. The van der Waals surface area contributed by atoms with Crippen LogP contribution >= 0.6 is 11.6 Å². The van der Waals surface area contributed by atoms with Gasteiger partial charge in [0.05, 0.1) is 12.7 Å². The predicted molar refractivity (Wildman–Crippen MR) is 98.9 cm³/mol. The molecule has 0 spiro atoms. The van der Waals surface area contributed by atoms with E-state index in [9.17, 15) is 4.79 Å². The van der Waals surface area contributed by atoms with Crippen LogP contribution in [0.1, 0.15) is 29.2 Å². The Bertz CT molecular complexity index is 911. The molecule has 3 rings (SSSR count). The van der Waals surface area contributed by atoms with Gasteiger partial charge in [-0.05, 0) is 49.1 Å². The van der Waals surface area contributed by atoms with E-state index in [2.05, 4.69) is 12.2 Å². The summed E-state index contributed by atoms with van der Waals surface area (Å²) in [7, 11) is 0. The van der Waals surface area contributed by atoms with E-state index in [1.807, 2.05) is 44.2 Å². The van der Waals surface area contributed by atoms with E-state index < -0.39 is 0 Å². The average molecular weight is 342 g/mol. The number of carbonyl (C=O) groups is 1. The Morgan fingerprint density at radius 3 is 2.71 bits per heavy atom. The molecule has 3 nitrogen and oxygen atoms in total. The molecule has 1 heterocycles. The Morgan fingerprint density at radius 2 is 1.96 bits per heavy atom. The van der Waals surface area contributed by atoms with E-state index in [4.69, 9.17) is 16.0 Å². The lowest BCUT2D eigenvalue weighted by Crippen LogP contribution is -2.15. The third-order valence-electron chi connectivity index (χ3n) is 4.32. The number of hydrogen-bond donors (Lipinski definition) is 1. The minimum atomic E-state index is -0.0605. The van der Waals surface area contributed by atoms with Gasteiger partial charge in [0.25, 0.3) is 0 Å². The van der Waals surface area contributed by atoms with Crippen molar-refractivity contribution >= 4 is 34.2 Å². The van der Waals surface area contributed by atoms with Gasteiger partial charge in [-0.3, -0.25) is 4.79 Å². The highest BCUT2D eigenvalue weighted by molar-refractivity contribution is 6.33. The summed E-state index contributed by atoms with van der Waals surface area (Å²) in [5.74, 6) is -0.0605. The normalized spacial score (nSPS) is 11.0. The molecule has 0 saturated carbocycles. The second-order valence-corrected chi connectivity index (χ2v) is 6.38. The van der Waals surface area contributed by atoms with Gasteiger partial charge >= 0.3 is 0 Å². The molecular formula is C20H20ClNO2. The molecule has 24 heavy (non-hydrogen) atoms. The number of carbonyl (C=O) groups excluding carboxylic acids is 1. The molecule has 0 atom stereocenters. The smallest absolute Gasteiger partial charge is 0.228 e. The lowest BCUT2D eigenvalue weighted by Gasteiger charge is -2.10. The molecule has 0 radical (unpaired) electrons. The predicted octanol–water partition coefficient (Wildman–Crippen LogP) is 5.45. The Morgan fingerprint density at radius 1 is 1.21 bits per heavy atom. The largest absolute Gasteiger partial charge is 0.464 e. The lowest BCUT2D eigenvalue weighted by molar-refractivity contribution is -0.115. The number of aryl methyl sites for hydroxylation is 3. The first-order valence-corrected chi connectivity index (χ1v) is 8.42. The topological polar surface area (TPSA) is 42.2 Å². The van der Waals surface area contributed by atoms with Crippen LogP contribution in [0.25, 0.3) is 11.0 Å². The van der Waals surface area contributed by atoms with Crippen molar-refractivity contribution in [3.63, 3.8) is 0 Å². The van der Waals surface area contributed by atoms with Crippen molar-refractivity contribution in [2.75, 3.05) is 5.32 Å². The van der Waals surface area contributed by atoms with Gasteiger partial charge in [-0.15, -0.1) is 0 Å². The Labute approximate surface area is 146 Å². The number of anilines is 1. The monoisotopic (exact) mass is 341 g/mol. The number of hydrogen-bond acceptors (Lipinski definition) is 2. The second kappa shape index (κ2) is 6.70. The molecule has 0 saturated heterocycles. The molecule has 1 N–H and O–H groups in total. The molecule has 0 aliphatic heterocycles. The van der Waals surface area contributed by atoms with Crippen LogP contribution in [-0.2, 0) is 17.6 Å². The molecule has 124 valence electrons. The highest BCUT2D eigenvalue weighted by Gasteiger charge is 2.16. The minimum Gasteiger partial charge on any atom is -0.464 e. The van der Waals surface area contributed by atoms with Crippen LogP contribution in [0.15, 0.2) is 41.0 Å². The van der Waals surface area contributed by atoms with Gasteiger partial charge in [0, 0.05) is 21.7 Å². The zero-order valence-electron chi connectivity index (χ0n) is 14.1. The molecule has 4 heteroatoms. The SMILES string of the molecule is CCc1ccccc1NC(=O)Cc1coc2cc(C)c(Cl)c(C)c12. The van der Waals surface area contributed by atoms with E-state index in [0.717, 1.165) is 50.4 Å². The van der Waals surface area contributed by atoms with Crippen LogP contribution < -0.4 is 5.32 Å². The molecule has 0 unspecified atom stereocenters. The van der Waals surface area contributed by atoms with Crippen molar-refractivity contribution in [3.8, 4) is 0 Å². The van der Waals surface area contributed by atoms with E-state index in [1.54, 1.807) is 6.26 Å². The van der Waals surface area contributed by atoms with Crippen LogP contribution in [0.3, 0.4) is 0 Å². The molecule has 0 fully saturated rings. The van der Waals surface area contributed by atoms with Crippen molar-refractivity contribution < 1.29 is 9.21 Å². The summed E-state index contributed by atoms with van der Waals surface area (Å²) < 4.78 is 5.62. The molecule has 1 aromatic heterocycles. The number of rotatable bonds is 4. The average Bonchev–Trinajstić information content (AvgIpc) is 2.95. The number of furan rings is 1. The molecule has 3 aromatic rings. The molecule has 1 amide bonds. The number of amides is 1. The summed E-state index contributed by atoms with van der Waals surface area (Å²) in [6.07, 6.45) is 2.78. The number of fused-ring (bicyclic) bond motifs is 1. The first kappa shape index (κ1) is 16.6. The summed E-state index contributed by atoms with van der Waals surface area (Å²) in [6.45, 7) is 5.98. The van der Waals surface area contributed by atoms with Crippen LogP contribution in [0.4, 0.5) is 5.69 Å². The quantitative estimate of drug-likeness (QED) is 0.686. The van der Waals surface area contributed by atoms with Crippen molar-refractivity contribution in [1.29, 1.82) is 0 Å². The van der Waals surface area contributed by atoms with Gasteiger partial charge in [-0.25, -0.2) is 0 Å². The molecule has 0 aliphatic carbocycles. The maximum absolute atomic E-state index is 12.5. The van der Waals surface area contributed by atoms with Gasteiger partial charge in [0.15, 0.2) is 0 Å². The van der Waals surface area contributed by atoms with E-state index in [1.165, 1.54) is 0 Å².